The highest BCUT2D eigenvalue weighted by atomic mass is 32.1. The van der Waals surface area contributed by atoms with Crippen molar-refractivity contribution >= 4 is 29.1 Å². The normalized spacial score (nSPS) is 20.1. The van der Waals surface area contributed by atoms with Crippen molar-refractivity contribution in [1.29, 1.82) is 0 Å². The Morgan fingerprint density at radius 3 is 2.37 bits per heavy atom. The van der Waals surface area contributed by atoms with Crippen LogP contribution in [0.2, 0.25) is 0 Å². The molecule has 2 saturated heterocycles. The van der Waals surface area contributed by atoms with Crippen LogP contribution in [0.3, 0.4) is 0 Å². The summed E-state index contributed by atoms with van der Waals surface area (Å²) in [5.74, 6) is -0.00939. The highest BCUT2D eigenvalue weighted by Crippen LogP contribution is 2.23. The SMILES string of the molecule is O=C(NC1CCN(C(=O)[C@H]2CCCN(C(=O)c3cccs3)C2)CC1)c1ccccc1. The van der Waals surface area contributed by atoms with E-state index in [4.69, 9.17) is 0 Å². The van der Waals surface area contributed by atoms with Crippen molar-refractivity contribution in [3.63, 3.8) is 0 Å². The van der Waals surface area contributed by atoms with Crippen LogP contribution in [0, 0.1) is 5.92 Å². The number of likely N-dealkylation sites (tertiary alicyclic amines) is 2. The van der Waals surface area contributed by atoms with E-state index >= 15 is 0 Å². The van der Waals surface area contributed by atoms with Crippen molar-refractivity contribution in [3.05, 3.63) is 58.3 Å². The molecule has 2 aromatic rings. The third kappa shape index (κ3) is 4.73. The zero-order valence-corrected chi connectivity index (χ0v) is 17.8. The summed E-state index contributed by atoms with van der Waals surface area (Å²) in [5, 5.41) is 4.99. The second-order valence-corrected chi connectivity index (χ2v) is 8.95. The van der Waals surface area contributed by atoms with Crippen molar-refractivity contribution in [2.45, 2.75) is 31.7 Å². The summed E-state index contributed by atoms with van der Waals surface area (Å²) in [4.78, 5) is 42.5. The lowest BCUT2D eigenvalue weighted by Gasteiger charge is -2.38. The van der Waals surface area contributed by atoms with E-state index in [1.165, 1.54) is 11.3 Å². The van der Waals surface area contributed by atoms with E-state index in [-0.39, 0.29) is 29.7 Å². The number of hydrogen-bond acceptors (Lipinski definition) is 4. The number of amides is 3. The molecule has 1 aromatic carbocycles. The largest absolute Gasteiger partial charge is 0.349 e. The number of carbonyl (C=O) groups excluding carboxylic acids is 3. The topological polar surface area (TPSA) is 69.7 Å². The van der Waals surface area contributed by atoms with Gasteiger partial charge in [0, 0.05) is 37.8 Å². The van der Waals surface area contributed by atoms with E-state index in [0.29, 0.717) is 31.7 Å². The van der Waals surface area contributed by atoms with Gasteiger partial charge in [-0.05, 0) is 49.3 Å². The molecule has 1 atom stereocenters. The molecule has 0 unspecified atom stereocenters. The first-order valence-corrected chi connectivity index (χ1v) is 11.5. The average Bonchev–Trinajstić information content (AvgIpc) is 3.34. The Hall–Kier alpha value is -2.67. The van der Waals surface area contributed by atoms with Crippen LogP contribution in [0.15, 0.2) is 47.8 Å². The van der Waals surface area contributed by atoms with Gasteiger partial charge >= 0.3 is 0 Å². The van der Waals surface area contributed by atoms with Crippen molar-refractivity contribution in [3.8, 4) is 0 Å². The molecule has 0 saturated carbocycles. The molecular formula is C23H27N3O3S. The fourth-order valence-electron chi connectivity index (χ4n) is 4.28. The van der Waals surface area contributed by atoms with Crippen LogP contribution in [0.4, 0.5) is 0 Å². The minimum absolute atomic E-state index is 0.0323. The third-order valence-corrected chi connectivity index (χ3v) is 6.83. The predicted octanol–water partition coefficient (Wildman–Crippen LogP) is 3.02. The van der Waals surface area contributed by atoms with E-state index < -0.39 is 0 Å². The molecule has 0 aliphatic carbocycles. The van der Waals surface area contributed by atoms with Gasteiger partial charge in [0.1, 0.15) is 0 Å². The minimum Gasteiger partial charge on any atom is -0.349 e. The summed E-state index contributed by atoms with van der Waals surface area (Å²) < 4.78 is 0. The van der Waals surface area contributed by atoms with Crippen molar-refractivity contribution < 1.29 is 14.4 Å². The molecule has 0 bridgehead atoms. The van der Waals surface area contributed by atoms with Gasteiger partial charge in [0.2, 0.25) is 5.91 Å². The molecule has 0 spiro atoms. The Balaban J connectivity index is 1.27. The second-order valence-electron chi connectivity index (χ2n) is 8.01. The Bertz CT molecular complexity index is 876. The fraction of sp³-hybridized carbons (Fsp3) is 0.435. The second kappa shape index (κ2) is 9.43. The monoisotopic (exact) mass is 425 g/mol. The van der Waals surface area contributed by atoms with Crippen LogP contribution in [-0.4, -0.2) is 59.7 Å². The summed E-state index contributed by atoms with van der Waals surface area (Å²) in [5.41, 5.74) is 0.661. The molecular weight excluding hydrogens is 398 g/mol. The first-order chi connectivity index (χ1) is 14.6. The number of nitrogens with zero attached hydrogens (tertiary/aromatic N) is 2. The molecule has 7 heteroatoms. The highest BCUT2D eigenvalue weighted by molar-refractivity contribution is 7.12. The molecule has 2 aliphatic heterocycles. The summed E-state index contributed by atoms with van der Waals surface area (Å²) in [6.07, 6.45) is 3.21. The maximum atomic E-state index is 13.1. The first kappa shape index (κ1) is 20.6. The number of hydrogen-bond donors (Lipinski definition) is 1. The third-order valence-electron chi connectivity index (χ3n) is 5.97. The average molecular weight is 426 g/mol. The summed E-state index contributed by atoms with van der Waals surface area (Å²) in [7, 11) is 0. The number of benzene rings is 1. The van der Waals surface area contributed by atoms with Crippen molar-refractivity contribution in [2.24, 2.45) is 5.92 Å². The fourth-order valence-corrected chi connectivity index (χ4v) is 4.97. The van der Waals surface area contributed by atoms with Crippen molar-refractivity contribution in [1.82, 2.24) is 15.1 Å². The van der Waals surface area contributed by atoms with Crippen molar-refractivity contribution in [2.75, 3.05) is 26.2 Å². The number of rotatable bonds is 4. The van der Waals surface area contributed by atoms with Gasteiger partial charge in [0.15, 0.2) is 0 Å². The van der Waals surface area contributed by atoms with Gasteiger partial charge in [0.05, 0.1) is 10.8 Å². The minimum atomic E-state index is -0.127. The zero-order chi connectivity index (χ0) is 20.9. The Morgan fingerprint density at radius 2 is 1.67 bits per heavy atom. The standard InChI is InChI=1S/C23H27N3O3S/c27-21(17-6-2-1-3-7-17)24-19-10-13-25(14-11-19)22(28)18-8-4-12-26(16-18)23(29)20-9-5-15-30-20/h1-3,5-7,9,15,18-19H,4,8,10-14,16H2,(H,24,27)/t18-/m0/s1. The van der Waals surface area contributed by atoms with Crippen LogP contribution in [0.5, 0.6) is 0 Å². The maximum Gasteiger partial charge on any atom is 0.263 e. The number of piperidine rings is 2. The van der Waals surface area contributed by atoms with Crippen LogP contribution < -0.4 is 5.32 Å². The number of nitrogens with one attached hydrogen (secondary N) is 1. The smallest absolute Gasteiger partial charge is 0.263 e. The van der Waals surface area contributed by atoms with E-state index in [2.05, 4.69) is 5.32 Å². The van der Waals surface area contributed by atoms with E-state index in [9.17, 15) is 14.4 Å². The van der Waals surface area contributed by atoms with E-state index in [1.807, 2.05) is 45.5 Å². The molecule has 30 heavy (non-hydrogen) atoms. The van der Waals surface area contributed by atoms with Gasteiger partial charge < -0.3 is 15.1 Å². The van der Waals surface area contributed by atoms with E-state index in [0.717, 1.165) is 30.6 Å². The maximum absolute atomic E-state index is 13.1. The van der Waals surface area contributed by atoms with Gasteiger partial charge in [-0.1, -0.05) is 24.3 Å². The quantitative estimate of drug-likeness (QED) is 0.819. The first-order valence-electron chi connectivity index (χ1n) is 10.6. The van der Waals surface area contributed by atoms with Gasteiger partial charge in [-0.3, -0.25) is 14.4 Å². The molecule has 158 valence electrons. The van der Waals surface area contributed by atoms with Crippen LogP contribution in [0.25, 0.3) is 0 Å². The van der Waals surface area contributed by atoms with Gasteiger partial charge in [-0.2, -0.15) is 0 Å². The summed E-state index contributed by atoms with van der Waals surface area (Å²) >= 11 is 1.44. The Morgan fingerprint density at radius 1 is 0.900 bits per heavy atom. The highest BCUT2D eigenvalue weighted by Gasteiger charge is 2.33. The number of thiophene rings is 1. The lowest BCUT2D eigenvalue weighted by molar-refractivity contribution is -0.138. The molecule has 1 aromatic heterocycles. The molecule has 3 heterocycles. The van der Waals surface area contributed by atoms with Crippen LogP contribution in [0.1, 0.15) is 45.7 Å². The number of carbonyl (C=O) groups is 3. The molecule has 4 rings (SSSR count). The van der Waals surface area contributed by atoms with E-state index in [1.54, 1.807) is 12.1 Å². The zero-order valence-electron chi connectivity index (χ0n) is 17.0. The molecule has 3 amide bonds. The molecule has 0 radical (unpaired) electrons. The molecule has 2 aliphatic rings. The molecule has 2 fully saturated rings. The van der Waals surface area contributed by atoms with Gasteiger partial charge in [-0.25, -0.2) is 0 Å². The molecule has 6 nitrogen and oxygen atoms in total. The van der Waals surface area contributed by atoms with Crippen LogP contribution in [-0.2, 0) is 4.79 Å². The predicted molar refractivity (Wildman–Crippen MR) is 116 cm³/mol. The summed E-state index contributed by atoms with van der Waals surface area (Å²) in [6.45, 7) is 2.51. The summed E-state index contributed by atoms with van der Waals surface area (Å²) in [6, 6.07) is 13.0. The lowest BCUT2D eigenvalue weighted by Crippen LogP contribution is -2.51. The van der Waals surface area contributed by atoms with Gasteiger partial charge in [-0.15, -0.1) is 11.3 Å². The Labute approximate surface area is 180 Å². The Kier molecular flexibility index (Phi) is 6.47. The van der Waals surface area contributed by atoms with Crippen LogP contribution >= 0.6 is 11.3 Å². The molecule has 1 N–H and O–H groups in total. The lowest BCUT2D eigenvalue weighted by atomic mass is 9.94. The van der Waals surface area contributed by atoms with Gasteiger partial charge in [0.25, 0.3) is 11.8 Å².